The Morgan fingerprint density at radius 3 is 1.00 bits per heavy atom. The van der Waals surface area contributed by atoms with Crippen LogP contribution in [0.25, 0.3) is 0 Å². The third kappa shape index (κ3) is 176. The molecular formula is C2H6O5Sr2. The van der Waals surface area contributed by atoms with Gasteiger partial charge in [-0.3, -0.25) is 0 Å². The largest absolute Gasteiger partial charge is 2.00 e. The van der Waals surface area contributed by atoms with Gasteiger partial charge in [0, 0.05) is 0 Å². The molecule has 0 amide bonds. The van der Waals surface area contributed by atoms with Gasteiger partial charge in [0.25, 0.3) is 0 Å². The molecule has 0 saturated heterocycles. The first kappa shape index (κ1) is 30.7. The van der Waals surface area contributed by atoms with E-state index in [-0.39, 0.29) is 99.3 Å². The van der Waals surface area contributed by atoms with Crippen LogP contribution < -0.4 is 0 Å². The minimum Gasteiger partial charge on any atom is -1.00 e. The van der Waals surface area contributed by atoms with Gasteiger partial charge in [-0.1, -0.05) is 12.9 Å². The van der Waals surface area contributed by atoms with E-state index in [1.165, 1.54) is 0 Å². The van der Waals surface area contributed by atoms with Gasteiger partial charge in [-0.05, 0) is 0 Å². The summed E-state index contributed by atoms with van der Waals surface area (Å²) in [5.41, 5.74) is 0. The number of rotatable bonds is 0. The average Bonchev–Trinajstić information content (AvgIpc) is 1.39. The average molecular weight is 285 g/mol. The van der Waals surface area contributed by atoms with Gasteiger partial charge in [0.15, 0.2) is 0 Å². The van der Waals surface area contributed by atoms with Gasteiger partial charge >= 0.3 is 91.0 Å². The summed E-state index contributed by atoms with van der Waals surface area (Å²) in [7, 11) is 0. The molecule has 0 aliphatic carbocycles. The second kappa shape index (κ2) is 51.9. The maximum atomic E-state index is 8.24. The SMILES string of the molecule is O.O=[C-]O.O=[C-]O.[H-].[H-].[Sr+2].[Sr+2]. The van der Waals surface area contributed by atoms with E-state index in [0.29, 0.717) is 12.9 Å². The quantitative estimate of drug-likeness (QED) is 0.391. The Morgan fingerprint density at radius 1 is 1.00 bits per heavy atom. The molecule has 7 heteroatoms. The zero-order valence-corrected chi connectivity index (χ0v) is 11.6. The van der Waals surface area contributed by atoms with Crippen LogP contribution >= 0.6 is 0 Å². The van der Waals surface area contributed by atoms with Crippen LogP contribution in [-0.2, 0) is 9.59 Å². The fraction of sp³-hybridized carbons (Fsp3) is 0. The van der Waals surface area contributed by atoms with Gasteiger partial charge in [0.1, 0.15) is 0 Å². The van der Waals surface area contributed by atoms with Crippen LogP contribution in [0.4, 0.5) is 0 Å². The first-order valence-electron chi connectivity index (χ1n) is 0.855. The Labute approximate surface area is 129 Å². The summed E-state index contributed by atoms with van der Waals surface area (Å²) < 4.78 is 0. The van der Waals surface area contributed by atoms with Gasteiger partial charge in [0.05, 0.1) is 0 Å². The number of aliphatic hydroxyl groups excluding tert-OH is 2. The summed E-state index contributed by atoms with van der Waals surface area (Å²) in [6.07, 6.45) is 0. The molecule has 9 heavy (non-hydrogen) atoms. The zero-order valence-electron chi connectivity index (χ0n) is 6.63. The molecule has 0 saturated carbocycles. The van der Waals surface area contributed by atoms with E-state index in [9.17, 15) is 0 Å². The fourth-order valence-electron chi connectivity index (χ4n) is 0. The van der Waals surface area contributed by atoms with Crippen LogP contribution in [0.3, 0.4) is 0 Å². The van der Waals surface area contributed by atoms with E-state index in [1.54, 1.807) is 0 Å². The molecule has 0 atom stereocenters. The van der Waals surface area contributed by atoms with Crippen molar-refractivity contribution in [3.8, 4) is 0 Å². The Balaban J connectivity index is -0.00000000400. The molecule has 0 aromatic heterocycles. The van der Waals surface area contributed by atoms with Gasteiger partial charge in [-0.15, -0.1) is 0 Å². The summed E-state index contributed by atoms with van der Waals surface area (Å²) in [6.45, 7) is 1.00. The topological polar surface area (TPSA) is 106 Å². The predicted molar refractivity (Wildman–Crippen MR) is 34.0 cm³/mol. The normalized spacial score (nSPS) is 2.67. The molecule has 48 valence electrons. The maximum absolute atomic E-state index is 8.24. The van der Waals surface area contributed by atoms with Gasteiger partial charge in [0.2, 0.25) is 0 Å². The van der Waals surface area contributed by atoms with E-state index in [0.717, 1.165) is 0 Å². The molecule has 0 heterocycles. The summed E-state index contributed by atoms with van der Waals surface area (Å²) in [6, 6.07) is 0. The third-order valence-corrected chi connectivity index (χ3v) is 0. The van der Waals surface area contributed by atoms with Crippen LogP contribution in [0.2, 0.25) is 0 Å². The summed E-state index contributed by atoms with van der Waals surface area (Å²) in [5.74, 6) is 0. The summed E-state index contributed by atoms with van der Waals surface area (Å²) in [4.78, 5) is 16.5. The molecule has 0 fully saturated rings. The van der Waals surface area contributed by atoms with Crippen molar-refractivity contribution >= 4 is 104 Å². The van der Waals surface area contributed by atoms with Gasteiger partial charge in [-0.2, -0.15) is 0 Å². The monoisotopic (exact) mass is 286 g/mol. The molecule has 0 aliphatic heterocycles. The molecular weight excluding hydrogens is 279 g/mol. The van der Waals surface area contributed by atoms with Crippen LogP contribution in [0, 0.1) is 0 Å². The molecule has 0 aromatic carbocycles. The standard InChI is InChI=1S/2CHO2.H2O.2Sr.2H/c2*2-1-3;;;;;/h2*(H,2,3);1H2;;;;/q2*-1;;2*+2;2*-1. The second-order valence-electron chi connectivity index (χ2n) is 0.183. The number of hydrogen-bond donors (Lipinski definition) is 2. The van der Waals surface area contributed by atoms with E-state index < -0.39 is 0 Å². The van der Waals surface area contributed by atoms with Crippen molar-refractivity contribution < 1.29 is 28.1 Å². The van der Waals surface area contributed by atoms with E-state index >= 15 is 0 Å². The minimum absolute atomic E-state index is 0. The molecule has 0 aliphatic rings. The van der Waals surface area contributed by atoms with Crippen LogP contribution in [0.1, 0.15) is 2.85 Å². The number of hydrogen-bond acceptors (Lipinski definition) is 2. The van der Waals surface area contributed by atoms with Crippen molar-refractivity contribution in [3.05, 3.63) is 0 Å². The van der Waals surface area contributed by atoms with E-state index in [1.807, 2.05) is 0 Å². The third-order valence-electron chi connectivity index (χ3n) is 0. The van der Waals surface area contributed by atoms with Crippen LogP contribution in [-0.4, -0.2) is 120 Å². The van der Waals surface area contributed by atoms with Crippen LogP contribution in [0.15, 0.2) is 0 Å². The van der Waals surface area contributed by atoms with Crippen molar-refractivity contribution in [2.75, 3.05) is 0 Å². The zero-order chi connectivity index (χ0) is 5.41. The molecule has 0 spiro atoms. The Bertz CT molecular complexity index is 41.5. The predicted octanol–water partition coefficient (Wildman–Crippen LogP) is -2.14. The van der Waals surface area contributed by atoms with Gasteiger partial charge < -0.3 is 28.1 Å². The molecule has 0 bridgehead atoms. The molecule has 0 rings (SSSR count). The molecule has 5 nitrogen and oxygen atoms in total. The second-order valence-corrected chi connectivity index (χ2v) is 0.183. The first-order chi connectivity index (χ1) is 2.83. The molecule has 0 aromatic rings. The van der Waals surface area contributed by atoms with Crippen molar-refractivity contribution in [3.63, 3.8) is 0 Å². The Morgan fingerprint density at radius 2 is 1.00 bits per heavy atom. The van der Waals surface area contributed by atoms with Crippen LogP contribution in [0.5, 0.6) is 0 Å². The van der Waals surface area contributed by atoms with E-state index in [2.05, 4.69) is 0 Å². The van der Waals surface area contributed by atoms with Gasteiger partial charge in [-0.25, -0.2) is 0 Å². The minimum atomic E-state index is 0. The Kier molecular flexibility index (Phi) is 177. The first-order valence-corrected chi connectivity index (χ1v) is 0.855. The fourth-order valence-corrected chi connectivity index (χ4v) is 0. The Hall–Kier alpha value is 1.86. The van der Waals surface area contributed by atoms with Crippen molar-refractivity contribution in [1.29, 1.82) is 0 Å². The molecule has 0 unspecified atom stereocenters. The van der Waals surface area contributed by atoms with Crippen molar-refractivity contribution in [2.45, 2.75) is 0 Å². The summed E-state index contributed by atoms with van der Waals surface area (Å²) in [5, 5.41) is 13.5. The summed E-state index contributed by atoms with van der Waals surface area (Å²) >= 11 is 0. The molecule has 4 N–H and O–H groups in total. The van der Waals surface area contributed by atoms with Crippen molar-refractivity contribution in [1.82, 2.24) is 0 Å². The van der Waals surface area contributed by atoms with E-state index in [4.69, 9.17) is 19.8 Å². The van der Waals surface area contributed by atoms with Crippen molar-refractivity contribution in [2.24, 2.45) is 0 Å². The molecule has 0 radical (unpaired) electrons. The smallest absolute Gasteiger partial charge is 1.00 e. The maximum Gasteiger partial charge on any atom is 2.00 e.